The van der Waals surface area contributed by atoms with Gasteiger partial charge in [-0.25, -0.2) is 4.79 Å². The predicted molar refractivity (Wildman–Crippen MR) is 13.2 cm³/mol. The summed E-state index contributed by atoms with van der Waals surface area (Å²) in [6, 6.07) is 0.944. The molecule has 0 unspecified atom stereocenters. The van der Waals surface area contributed by atoms with Gasteiger partial charge in [0, 0.05) is 0 Å². The molecule has 0 spiro atoms. The third-order valence-corrected chi connectivity index (χ3v) is 0.0956. The van der Waals surface area contributed by atoms with Crippen molar-refractivity contribution in [3.63, 3.8) is 0 Å². The number of carbonyl (C=O) groups is 1. The molecule has 0 aromatic rings. The van der Waals surface area contributed by atoms with Crippen molar-refractivity contribution in [2.75, 3.05) is 0 Å². The molecule has 0 heterocycles. The van der Waals surface area contributed by atoms with Gasteiger partial charge in [0.25, 0.3) is 0 Å². The summed E-state index contributed by atoms with van der Waals surface area (Å²) in [6.07, 6.45) is 0. The maximum absolute atomic E-state index is 9.01. The molecule has 0 aliphatic heterocycles. The van der Waals surface area contributed by atoms with Crippen molar-refractivity contribution in [3.05, 3.63) is 0 Å². The third-order valence-electron chi connectivity index (χ3n) is 0.0956. The Morgan fingerprint density at radius 3 is 2.00 bits per heavy atom. The van der Waals surface area contributed by atoms with Gasteiger partial charge in [-0.3, -0.25) is 0 Å². The van der Waals surface area contributed by atoms with Crippen molar-refractivity contribution < 1.29 is 26.4 Å². The summed E-state index contributed by atoms with van der Waals surface area (Å²) in [7, 11) is 0. The van der Waals surface area contributed by atoms with Crippen LogP contribution in [0.2, 0.25) is 0 Å². The summed E-state index contributed by atoms with van der Waals surface area (Å²) in [6.45, 7) is 0. The van der Waals surface area contributed by atoms with Crippen LogP contribution >= 0.6 is 0 Å². The van der Waals surface area contributed by atoms with E-state index in [4.69, 9.17) is 15.2 Å². The molecular formula is C2HNNiO2+2. The molecule has 0 aliphatic carbocycles. The number of rotatable bonds is 0. The largest absolute Gasteiger partial charge is 2.00 e. The summed E-state index contributed by atoms with van der Waals surface area (Å²) in [5, 5.41) is 14.7. The summed E-state index contributed by atoms with van der Waals surface area (Å²) in [5.41, 5.74) is 0. The number of nitriles is 1. The first-order valence-electron chi connectivity index (χ1n) is 0.901. The van der Waals surface area contributed by atoms with Crippen LogP contribution in [-0.4, -0.2) is 11.1 Å². The van der Waals surface area contributed by atoms with Crippen molar-refractivity contribution in [3.8, 4) is 6.07 Å². The number of carboxylic acids is 1. The second-order valence-corrected chi connectivity index (χ2v) is 0.417. The number of aliphatic carboxylic acids is 1. The Morgan fingerprint density at radius 2 is 2.00 bits per heavy atom. The zero-order valence-electron chi connectivity index (χ0n) is 2.62. The monoisotopic (exact) mass is 129 g/mol. The standard InChI is InChI=1S/C2HNO2.Ni/c3-1-2(4)5;/h(H,4,5);/q;+2. The van der Waals surface area contributed by atoms with E-state index in [1.54, 1.807) is 0 Å². The predicted octanol–water partition coefficient (Wildman–Crippen LogP) is -0.408. The average molecular weight is 130 g/mol. The molecule has 0 aromatic heterocycles. The minimum Gasteiger partial charge on any atom is -0.470 e. The van der Waals surface area contributed by atoms with Crippen LogP contribution in [0.1, 0.15) is 0 Å². The second kappa shape index (κ2) is 4.45. The number of nitrogens with zero attached hydrogens (tertiary/aromatic N) is 1. The molecular weight excluding hydrogens is 129 g/mol. The van der Waals surface area contributed by atoms with Gasteiger partial charge in [-0.15, -0.1) is 0 Å². The number of hydrogen-bond acceptors (Lipinski definition) is 2. The molecule has 34 valence electrons. The second-order valence-electron chi connectivity index (χ2n) is 0.417. The van der Waals surface area contributed by atoms with Gasteiger partial charge in [-0.1, -0.05) is 0 Å². The fourth-order valence-corrected chi connectivity index (χ4v) is 0. The van der Waals surface area contributed by atoms with Crippen LogP contribution in [0.4, 0.5) is 0 Å². The van der Waals surface area contributed by atoms with Gasteiger partial charge in [-0.2, -0.15) is 5.26 Å². The van der Waals surface area contributed by atoms with E-state index in [-0.39, 0.29) is 16.5 Å². The molecule has 0 bridgehead atoms. The van der Waals surface area contributed by atoms with E-state index in [1.807, 2.05) is 0 Å². The molecule has 0 amide bonds. The maximum Gasteiger partial charge on any atom is 2.00 e. The van der Waals surface area contributed by atoms with Crippen LogP contribution in [0.5, 0.6) is 0 Å². The van der Waals surface area contributed by atoms with Crippen molar-refractivity contribution >= 4 is 5.97 Å². The van der Waals surface area contributed by atoms with Gasteiger partial charge in [0.1, 0.15) is 0 Å². The summed E-state index contributed by atoms with van der Waals surface area (Å²) < 4.78 is 0. The molecule has 0 radical (unpaired) electrons. The van der Waals surface area contributed by atoms with Crippen molar-refractivity contribution in [2.24, 2.45) is 0 Å². The normalized spacial score (nSPS) is 4.50. The number of carboxylic acid groups (broad SMARTS) is 1. The van der Waals surface area contributed by atoms with Crippen LogP contribution in [0, 0.1) is 11.3 Å². The quantitative estimate of drug-likeness (QED) is 0.275. The first kappa shape index (κ1) is 9.07. The molecule has 0 aliphatic rings. The van der Waals surface area contributed by atoms with Crippen LogP contribution in [0.25, 0.3) is 0 Å². The zero-order valence-corrected chi connectivity index (χ0v) is 3.61. The Morgan fingerprint density at radius 1 is 1.83 bits per heavy atom. The fraction of sp³-hybridized carbons (Fsp3) is 0. The minimum absolute atomic E-state index is 0. The van der Waals surface area contributed by atoms with Gasteiger partial charge >= 0.3 is 22.5 Å². The van der Waals surface area contributed by atoms with Gasteiger partial charge in [0.05, 0.1) is 0 Å². The SMILES string of the molecule is N#CC(=O)O.[Ni+2]. The van der Waals surface area contributed by atoms with Crippen LogP contribution in [0.3, 0.4) is 0 Å². The molecule has 0 aromatic carbocycles. The minimum atomic E-state index is -1.44. The van der Waals surface area contributed by atoms with Crippen LogP contribution in [0.15, 0.2) is 0 Å². The molecule has 1 N–H and O–H groups in total. The molecule has 0 saturated heterocycles. The Hall–Kier alpha value is -0.546. The Labute approximate surface area is 44.5 Å². The smallest absolute Gasteiger partial charge is 0.470 e. The van der Waals surface area contributed by atoms with Gasteiger partial charge < -0.3 is 5.11 Å². The maximum atomic E-state index is 9.01. The summed E-state index contributed by atoms with van der Waals surface area (Å²) in [4.78, 5) is 9.01. The van der Waals surface area contributed by atoms with Crippen molar-refractivity contribution in [1.29, 1.82) is 5.26 Å². The first-order chi connectivity index (χ1) is 2.27. The van der Waals surface area contributed by atoms with E-state index >= 15 is 0 Å². The summed E-state index contributed by atoms with van der Waals surface area (Å²) >= 11 is 0. The Kier molecular flexibility index (Phi) is 6.73. The average Bonchev–Trinajstić information content (AvgIpc) is 1.38. The van der Waals surface area contributed by atoms with Gasteiger partial charge in [0.15, 0.2) is 6.07 Å². The molecule has 0 atom stereocenters. The fourth-order valence-electron chi connectivity index (χ4n) is 0. The zero-order chi connectivity index (χ0) is 4.28. The van der Waals surface area contributed by atoms with E-state index in [0.717, 1.165) is 6.07 Å². The molecule has 0 fully saturated rings. The summed E-state index contributed by atoms with van der Waals surface area (Å²) in [5.74, 6) is -1.44. The van der Waals surface area contributed by atoms with E-state index in [2.05, 4.69) is 0 Å². The molecule has 0 saturated carbocycles. The van der Waals surface area contributed by atoms with E-state index in [9.17, 15) is 0 Å². The topological polar surface area (TPSA) is 61.1 Å². The third kappa shape index (κ3) is 9.84. The van der Waals surface area contributed by atoms with Crippen molar-refractivity contribution in [1.82, 2.24) is 0 Å². The van der Waals surface area contributed by atoms with Crippen molar-refractivity contribution in [2.45, 2.75) is 0 Å². The molecule has 4 heteroatoms. The molecule has 0 rings (SSSR count). The Bertz CT molecular complexity index is 84.0. The van der Waals surface area contributed by atoms with E-state index in [0.29, 0.717) is 0 Å². The molecule has 6 heavy (non-hydrogen) atoms. The molecule has 3 nitrogen and oxygen atoms in total. The first-order valence-corrected chi connectivity index (χ1v) is 0.901. The van der Waals surface area contributed by atoms with Crippen LogP contribution < -0.4 is 0 Å². The van der Waals surface area contributed by atoms with E-state index in [1.165, 1.54) is 0 Å². The van der Waals surface area contributed by atoms with E-state index < -0.39 is 5.97 Å². The van der Waals surface area contributed by atoms with Gasteiger partial charge in [-0.05, 0) is 0 Å². The Balaban J connectivity index is 0. The van der Waals surface area contributed by atoms with Crippen LogP contribution in [-0.2, 0) is 21.3 Å². The van der Waals surface area contributed by atoms with Gasteiger partial charge in [0.2, 0.25) is 0 Å². The number of hydrogen-bond donors (Lipinski definition) is 1.